The third-order valence-corrected chi connectivity index (χ3v) is 3.51. The van der Waals surface area contributed by atoms with E-state index in [4.69, 9.17) is 17.3 Å². The predicted octanol–water partition coefficient (Wildman–Crippen LogP) is 3.02. The van der Waals surface area contributed by atoms with Crippen molar-refractivity contribution in [1.29, 1.82) is 0 Å². The van der Waals surface area contributed by atoms with Crippen molar-refractivity contribution in [3.8, 4) is 0 Å². The second-order valence-corrected chi connectivity index (χ2v) is 4.94. The topological polar surface area (TPSA) is 42.2 Å². The second-order valence-electron chi connectivity index (χ2n) is 3.49. The number of nitrogens with zero attached hydrogens (tertiary/aromatic N) is 2. The van der Waals surface area contributed by atoms with Crippen LogP contribution in [0.2, 0.25) is 5.02 Å². The molecular formula is C11H12ClN3S. The number of anilines is 2. The Balaban J connectivity index is 2.13. The van der Waals surface area contributed by atoms with E-state index in [2.05, 4.69) is 4.98 Å². The van der Waals surface area contributed by atoms with Crippen molar-refractivity contribution >= 4 is 33.1 Å². The highest BCUT2D eigenvalue weighted by Crippen LogP contribution is 2.25. The highest BCUT2D eigenvalue weighted by Gasteiger charge is 2.08. The van der Waals surface area contributed by atoms with Gasteiger partial charge in [-0.3, -0.25) is 0 Å². The number of nitrogens with two attached hydrogens (primary N) is 1. The number of benzene rings is 1. The molecule has 84 valence electrons. The van der Waals surface area contributed by atoms with Crippen molar-refractivity contribution in [2.45, 2.75) is 6.54 Å². The van der Waals surface area contributed by atoms with Crippen molar-refractivity contribution in [2.24, 2.45) is 0 Å². The van der Waals surface area contributed by atoms with Gasteiger partial charge in [0.1, 0.15) is 5.00 Å². The first-order valence-corrected chi connectivity index (χ1v) is 6.02. The summed E-state index contributed by atoms with van der Waals surface area (Å²) < 4.78 is 0. The van der Waals surface area contributed by atoms with Crippen LogP contribution in [0.1, 0.15) is 5.56 Å². The van der Waals surface area contributed by atoms with E-state index in [1.165, 1.54) is 11.3 Å². The molecule has 16 heavy (non-hydrogen) atoms. The largest absolute Gasteiger partial charge is 0.389 e. The molecule has 0 radical (unpaired) electrons. The Hall–Kier alpha value is -1.26. The number of halogens is 1. The molecule has 0 saturated carbocycles. The molecule has 2 rings (SSSR count). The third kappa shape index (κ3) is 2.46. The van der Waals surface area contributed by atoms with Gasteiger partial charge in [-0.15, -0.1) is 0 Å². The first-order chi connectivity index (χ1) is 7.66. The molecule has 0 aliphatic rings. The van der Waals surface area contributed by atoms with Crippen LogP contribution in [0, 0.1) is 0 Å². The van der Waals surface area contributed by atoms with Gasteiger partial charge >= 0.3 is 0 Å². The molecule has 2 aromatic rings. The zero-order valence-electron chi connectivity index (χ0n) is 8.85. The molecule has 1 aromatic heterocycles. The summed E-state index contributed by atoms with van der Waals surface area (Å²) in [5.41, 5.74) is 6.73. The van der Waals surface area contributed by atoms with E-state index in [1.807, 2.05) is 36.2 Å². The highest BCUT2D eigenvalue weighted by molar-refractivity contribution is 7.19. The van der Waals surface area contributed by atoms with E-state index in [0.29, 0.717) is 0 Å². The molecule has 0 bridgehead atoms. The number of hydrogen-bond acceptors (Lipinski definition) is 4. The molecule has 1 aromatic carbocycles. The number of thiazole rings is 1. The van der Waals surface area contributed by atoms with Gasteiger partial charge in [-0.05, 0) is 11.6 Å². The van der Waals surface area contributed by atoms with Crippen LogP contribution >= 0.6 is 22.9 Å². The molecule has 0 fully saturated rings. The average Bonchev–Trinajstić information content (AvgIpc) is 2.68. The summed E-state index contributed by atoms with van der Waals surface area (Å²) in [4.78, 5) is 6.25. The highest BCUT2D eigenvalue weighted by atomic mass is 35.5. The molecule has 5 heteroatoms. The van der Waals surface area contributed by atoms with Crippen LogP contribution in [0.3, 0.4) is 0 Å². The number of hydrogen-bond donors (Lipinski definition) is 1. The Morgan fingerprint density at radius 2 is 2.19 bits per heavy atom. The Bertz CT molecular complexity index is 484. The molecule has 1 heterocycles. The van der Waals surface area contributed by atoms with Crippen LogP contribution in [-0.4, -0.2) is 12.0 Å². The molecule has 0 aliphatic carbocycles. The number of nitrogen functional groups attached to an aromatic ring is 1. The lowest BCUT2D eigenvalue weighted by Gasteiger charge is -2.16. The van der Waals surface area contributed by atoms with Crippen molar-refractivity contribution in [3.05, 3.63) is 41.0 Å². The second kappa shape index (κ2) is 4.72. The Kier molecular flexibility index (Phi) is 3.31. The lowest BCUT2D eigenvalue weighted by molar-refractivity contribution is 0.915. The average molecular weight is 254 g/mol. The smallest absolute Gasteiger partial charge is 0.187 e. The van der Waals surface area contributed by atoms with Crippen LogP contribution in [0.25, 0.3) is 0 Å². The maximum Gasteiger partial charge on any atom is 0.187 e. The van der Waals surface area contributed by atoms with Crippen molar-refractivity contribution < 1.29 is 0 Å². The summed E-state index contributed by atoms with van der Waals surface area (Å²) in [5, 5.41) is 2.40. The predicted molar refractivity (Wildman–Crippen MR) is 70.1 cm³/mol. The number of rotatable bonds is 3. The van der Waals surface area contributed by atoms with Gasteiger partial charge in [-0.2, -0.15) is 0 Å². The van der Waals surface area contributed by atoms with Gasteiger partial charge in [0.2, 0.25) is 0 Å². The molecule has 0 atom stereocenters. The van der Waals surface area contributed by atoms with Gasteiger partial charge in [0.15, 0.2) is 5.13 Å². The molecule has 0 saturated heterocycles. The molecule has 0 amide bonds. The lowest BCUT2D eigenvalue weighted by atomic mass is 10.2. The van der Waals surface area contributed by atoms with Crippen LogP contribution < -0.4 is 10.6 Å². The molecule has 0 aliphatic heterocycles. The minimum Gasteiger partial charge on any atom is -0.389 e. The van der Waals surface area contributed by atoms with E-state index in [9.17, 15) is 0 Å². The van der Waals surface area contributed by atoms with Gasteiger partial charge < -0.3 is 10.6 Å². The van der Waals surface area contributed by atoms with E-state index in [-0.39, 0.29) is 0 Å². The van der Waals surface area contributed by atoms with E-state index < -0.39 is 0 Å². The number of aromatic nitrogens is 1. The van der Waals surface area contributed by atoms with Gasteiger partial charge in [0.05, 0.1) is 6.20 Å². The maximum absolute atomic E-state index is 6.09. The standard InChI is InChI=1S/C11H12ClN3S/c1-15(11-14-6-10(13)16-11)7-8-4-2-3-5-9(8)12/h2-6H,7,13H2,1H3. The summed E-state index contributed by atoms with van der Waals surface area (Å²) in [5.74, 6) is 0. The Morgan fingerprint density at radius 1 is 1.44 bits per heavy atom. The first-order valence-electron chi connectivity index (χ1n) is 4.82. The summed E-state index contributed by atoms with van der Waals surface area (Å²) in [7, 11) is 1.97. The van der Waals surface area contributed by atoms with Gasteiger partial charge in [-0.1, -0.05) is 41.1 Å². The third-order valence-electron chi connectivity index (χ3n) is 2.20. The summed E-state index contributed by atoms with van der Waals surface area (Å²) in [6.07, 6.45) is 1.67. The van der Waals surface area contributed by atoms with Gasteiger partial charge in [0, 0.05) is 18.6 Å². The first kappa shape index (κ1) is 11.2. The fraction of sp³-hybridized carbons (Fsp3) is 0.182. The molecular weight excluding hydrogens is 242 g/mol. The van der Waals surface area contributed by atoms with Crippen LogP contribution in [-0.2, 0) is 6.54 Å². The van der Waals surface area contributed by atoms with E-state index in [1.54, 1.807) is 6.20 Å². The normalized spacial score (nSPS) is 10.4. The van der Waals surface area contributed by atoms with E-state index >= 15 is 0 Å². The quantitative estimate of drug-likeness (QED) is 0.914. The van der Waals surface area contributed by atoms with Crippen molar-refractivity contribution in [2.75, 3.05) is 17.7 Å². The van der Waals surface area contributed by atoms with Crippen molar-refractivity contribution in [1.82, 2.24) is 4.98 Å². The Morgan fingerprint density at radius 3 is 2.81 bits per heavy atom. The minimum absolute atomic E-state index is 0.723. The van der Waals surface area contributed by atoms with Gasteiger partial charge in [-0.25, -0.2) is 4.98 Å². The molecule has 0 spiro atoms. The fourth-order valence-electron chi connectivity index (χ4n) is 1.40. The van der Waals surface area contributed by atoms with Crippen LogP contribution in [0.15, 0.2) is 30.5 Å². The molecule has 3 nitrogen and oxygen atoms in total. The van der Waals surface area contributed by atoms with Gasteiger partial charge in [0.25, 0.3) is 0 Å². The lowest BCUT2D eigenvalue weighted by Crippen LogP contribution is -2.16. The van der Waals surface area contributed by atoms with Crippen LogP contribution in [0.4, 0.5) is 10.1 Å². The fourth-order valence-corrected chi connectivity index (χ4v) is 2.24. The van der Waals surface area contributed by atoms with Crippen LogP contribution in [0.5, 0.6) is 0 Å². The molecule has 2 N–H and O–H groups in total. The SMILES string of the molecule is CN(Cc1ccccc1Cl)c1ncc(N)s1. The summed E-state index contributed by atoms with van der Waals surface area (Å²) in [6, 6.07) is 7.80. The zero-order valence-corrected chi connectivity index (χ0v) is 10.4. The maximum atomic E-state index is 6.09. The minimum atomic E-state index is 0.723. The Labute approximate surface area is 103 Å². The zero-order chi connectivity index (χ0) is 11.5. The monoisotopic (exact) mass is 253 g/mol. The molecule has 0 unspecified atom stereocenters. The van der Waals surface area contributed by atoms with E-state index in [0.717, 1.165) is 27.3 Å². The summed E-state index contributed by atoms with van der Waals surface area (Å²) >= 11 is 7.56. The van der Waals surface area contributed by atoms with Crippen molar-refractivity contribution in [3.63, 3.8) is 0 Å². The summed E-state index contributed by atoms with van der Waals surface area (Å²) in [6.45, 7) is 0.729.